The summed E-state index contributed by atoms with van der Waals surface area (Å²) in [5.74, 6) is 1.82. The molecule has 5 aromatic rings. The maximum Gasteiger partial charge on any atom is 0.262 e. The van der Waals surface area contributed by atoms with Crippen LogP contribution in [0.4, 0.5) is 5.82 Å². The van der Waals surface area contributed by atoms with Crippen LogP contribution in [0.15, 0.2) is 78.1 Å². The van der Waals surface area contributed by atoms with Gasteiger partial charge in [-0.3, -0.25) is 9.36 Å². The Kier molecular flexibility index (Phi) is 4.17. The number of nitrogen functional groups attached to an aromatic ring is 1. The number of nitrogens with two attached hydrogens (primary N) is 1. The third-order valence-electron chi connectivity index (χ3n) is 7.68. The van der Waals surface area contributed by atoms with E-state index in [2.05, 4.69) is 32.1 Å². The van der Waals surface area contributed by atoms with Crippen molar-refractivity contribution in [3.05, 3.63) is 83.7 Å². The standard InChI is InChI=1S/C27H24N6O/c28-25-24-22(14-33(26(24)31-15-30-25)23-11-18-12-29-13-21(18)23)17-7-6-16-8-9-32(27(34)20(16)10-17)19-4-2-1-3-5-19/h1-10,14-15,18,21,23,29H,11-13H2,(H2,28,30,31)/t18-,21+,23-/m0/s1. The molecule has 2 fully saturated rings. The van der Waals surface area contributed by atoms with Gasteiger partial charge in [0, 0.05) is 41.6 Å². The molecule has 2 aliphatic rings. The quantitative estimate of drug-likeness (QED) is 0.439. The summed E-state index contributed by atoms with van der Waals surface area (Å²) < 4.78 is 3.97. The Morgan fingerprint density at radius 3 is 2.76 bits per heavy atom. The van der Waals surface area contributed by atoms with Crippen LogP contribution in [-0.2, 0) is 0 Å². The molecule has 2 aromatic carbocycles. The van der Waals surface area contributed by atoms with E-state index >= 15 is 0 Å². The maximum absolute atomic E-state index is 13.4. The van der Waals surface area contributed by atoms with Gasteiger partial charge in [-0.2, -0.15) is 0 Å². The third kappa shape index (κ3) is 2.77. The van der Waals surface area contributed by atoms with Crippen LogP contribution in [0, 0.1) is 11.8 Å². The summed E-state index contributed by atoms with van der Waals surface area (Å²) in [6.45, 7) is 2.14. The van der Waals surface area contributed by atoms with Crippen LogP contribution in [0.2, 0.25) is 0 Å². The van der Waals surface area contributed by atoms with Gasteiger partial charge in [-0.15, -0.1) is 0 Å². The van der Waals surface area contributed by atoms with E-state index in [1.807, 2.05) is 54.7 Å². The second kappa shape index (κ2) is 7.27. The molecule has 4 heterocycles. The first kappa shape index (κ1) is 19.5. The summed E-state index contributed by atoms with van der Waals surface area (Å²) in [4.78, 5) is 22.3. The number of rotatable bonds is 3. The van der Waals surface area contributed by atoms with Crippen molar-refractivity contribution < 1.29 is 0 Å². The van der Waals surface area contributed by atoms with Crippen molar-refractivity contribution in [2.75, 3.05) is 18.8 Å². The van der Waals surface area contributed by atoms with E-state index in [1.54, 1.807) is 10.9 Å². The molecular weight excluding hydrogens is 424 g/mol. The minimum Gasteiger partial charge on any atom is -0.383 e. The fourth-order valence-corrected chi connectivity index (χ4v) is 5.85. The number of aromatic nitrogens is 4. The van der Waals surface area contributed by atoms with Gasteiger partial charge in [0.2, 0.25) is 0 Å². The van der Waals surface area contributed by atoms with Crippen LogP contribution in [0.25, 0.3) is 38.6 Å². The van der Waals surface area contributed by atoms with Crippen molar-refractivity contribution in [1.82, 2.24) is 24.4 Å². The Labute approximate surface area is 195 Å². The zero-order valence-electron chi connectivity index (χ0n) is 18.6. The summed E-state index contributed by atoms with van der Waals surface area (Å²) in [7, 11) is 0. The van der Waals surface area contributed by atoms with Gasteiger partial charge in [0.15, 0.2) is 0 Å². The molecule has 0 radical (unpaired) electrons. The first-order chi connectivity index (χ1) is 16.7. The van der Waals surface area contributed by atoms with E-state index in [9.17, 15) is 4.79 Å². The molecule has 0 bridgehead atoms. The predicted octanol–water partition coefficient (Wildman–Crippen LogP) is 3.77. The largest absolute Gasteiger partial charge is 0.383 e. The lowest BCUT2D eigenvalue weighted by atomic mass is 9.71. The summed E-state index contributed by atoms with van der Waals surface area (Å²) in [6.07, 6.45) is 6.68. The second-order valence-electron chi connectivity index (χ2n) is 9.42. The molecule has 1 saturated carbocycles. The number of nitrogens with one attached hydrogen (secondary N) is 1. The molecule has 1 aliphatic carbocycles. The fourth-order valence-electron chi connectivity index (χ4n) is 5.85. The minimum atomic E-state index is -0.0441. The van der Waals surface area contributed by atoms with Gasteiger partial charge in [0.05, 0.1) is 5.39 Å². The van der Waals surface area contributed by atoms with Gasteiger partial charge >= 0.3 is 0 Å². The molecule has 7 nitrogen and oxygen atoms in total. The minimum absolute atomic E-state index is 0.0441. The molecular formula is C27H24N6O. The second-order valence-corrected chi connectivity index (χ2v) is 9.42. The van der Waals surface area contributed by atoms with Crippen LogP contribution in [-0.4, -0.2) is 32.2 Å². The van der Waals surface area contributed by atoms with Gasteiger partial charge in [-0.05, 0) is 60.0 Å². The van der Waals surface area contributed by atoms with Crippen LogP contribution >= 0.6 is 0 Å². The topological polar surface area (TPSA) is 90.8 Å². The normalized spacial score (nSPS) is 21.6. The lowest BCUT2D eigenvalue weighted by Crippen LogP contribution is -2.37. The summed E-state index contributed by atoms with van der Waals surface area (Å²) in [5.41, 5.74) is 9.96. The first-order valence-corrected chi connectivity index (χ1v) is 11.7. The Morgan fingerprint density at radius 2 is 1.91 bits per heavy atom. The smallest absolute Gasteiger partial charge is 0.262 e. The number of nitrogens with zero attached hydrogens (tertiary/aromatic N) is 4. The molecule has 0 spiro atoms. The first-order valence-electron chi connectivity index (χ1n) is 11.7. The average Bonchev–Trinajstić information content (AvgIpc) is 3.42. The number of hydrogen-bond donors (Lipinski definition) is 2. The molecule has 1 saturated heterocycles. The third-order valence-corrected chi connectivity index (χ3v) is 7.68. The Balaban J connectivity index is 1.41. The highest BCUT2D eigenvalue weighted by atomic mass is 16.1. The lowest BCUT2D eigenvalue weighted by Gasteiger charge is -2.40. The predicted molar refractivity (Wildman–Crippen MR) is 134 cm³/mol. The molecule has 3 N–H and O–H groups in total. The van der Waals surface area contributed by atoms with Crippen molar-refractivity contribution in [1.29, 1.82) is 0 Å². The summed E-state index contributed by atoms with van der Waals surface area (Å²) in [6, 6.07) is 18.1. The van der Waals surface area contributed by atoms with Crippen LogP contribution in [0.3, 0.4) is 0 Å². The van der Waals surface area contributed by atoms with Gasteiger partial charge in [0.1, 0.15) is 17.8 Å². The zero-order valence-corrected chi connectivity index (χ0v) is 18.6. The SMILES string of the molecule is Nc1ncnc2c1c(-c1ccc3ccn(-c4ccccc4)c(=O)c3c1)cn2[C@H]1C[C@H]2CNC[C@H]21. The highest BCUT2D eigenvalue weighted by Gasteiger charge is 2.45. The lowest BCUT2D eigenvalue weighted by molar-refractivity contribution is 0.133. The van der Waals surface area contributed by atoms with E-state index in [1.165, 1.54) is 0 Å². The number of pyridine rings is 1. The number of anilines is 1. The van der Waals surface area contributed by atoms with Gasteiger partial charge < -0.3 is 15.6 Å². The molecule has 1 aliphatic heterocycles. The monoisotopic (exact) mass is 448 g/mol. The summed E-state index contributed by atoms with van der Waals surface area (Å²) >= 11 is 0. The van der Waals surface area contributed by atoms with Crippen molar-refractivity contribution in [2.45, 2.75) is 12.5 Å². The zero-order chi connectivity index (χ0) is 22.8. The molecule has 34 heavy (non-hydrogen) atoms. The maximum atomic E-state index is 13.4. The van der Waals surface area contributed by atoms with E-state index in [0.29, 0.717) is 23.2 Å². The highest BCUT2D eigenvalue weighted by molar-refractivity contribution is 6.02. The van der Waals surface area contributed by atoms with E-state index in [-0.39, 0.29) is 5.56 Å². The van der Waals surface area contributed by atoms with E-state index < -0.39 is 0 Å². The molecule has 3 aromatic heterocycles. The Hall–Kier alpha value is -3.97. The molecule has 7 rings (SSSR count). The number of hydrogen-bond acceptors (Lipinski definition) is 5. The van der Waals surface area contributed by atoms with Gasteiger partial charge in [0.25, 0.3) is 5.56 Å². The van der Waals surface area contributed by atoms with E-state index in [4.69, 9.17) is 5.73 Å². The molecule has 168 valence electrons. The van der Waals surface area contributed by atoms with Crippen molar-refractivity contribution in [2.24, 2.45) is 11.8 Å². The summed E-state index contributed by atoms with van der Waals surface area (Å²) in [5, 5.41) is 5.96. The van der Waals surface area contributed by atoms with Crippen LogP contribution in [0.5, 0.6) is 0 Å². The van der Waals surface area contributed by atoms with Gasteiger partial charge in [-0.25, -0.2) is 9.97 Å². The number of benzene rings is 2. The highest BCUT2D eigenvalue weighted by Crippen LogP contribution is 2.48. The van der Waals surface area contributed by atoms with Crippen LogP contribution in [0.1, 0.15) is 12.5 Å². The molecule has 3 atom stereocenters. The molecule has 7 heteroatoms. The Morgan fingerprint density at radius 1 is 1.03 bits per heavy atom. The average molecular weight is 449 g/mol. The van der Waals surface area contributed by atoms with Crippen molar-refractivity contribution >= 4 is 27.6 Å². The molecule has 0 unspecified atom stereocenters. The number of para-hydroxylation sites is 1. The number of fused-ring (bicyclic) bond motifs is 3. The van der Waals surface area contributed by atoms with Crippen LogP contribution < -0.4 is 16.6 Å². The fraction of sp³-hybridized carbons (Fsp3) is 0.222. The Bertz CT molecular complexity index is 1620. The van der Waals surface area contributed by atoms with Crippen molar-refractivity contribution in [3.8, 4) is 16.8 Å². The molecule has 0 amide bonds. The van der Waals surface area contributed by atoms with Gasteiger partial charge in [-0.1, -0.05) is 30.3 Å². The van der Waals surface area contributed by atoms with Crippen molar-refractivity contribution in [3.63, 3.8) is 0 Å². The van der Waals surface area contributed by atoms with E-state index in [0.717, 1.165) is 58.7 Å².